The Bertz CT molecular complexity index is 1490. The van der Waals surface area contributed by atoms with Crippen molar-refractivity contribution in [3.63, 3.8) is 0 Å². The van der Waals surface area contributed by atoms with Crippen LogP contribution >= 0.6 is 0 Å². The Morgan fingerprint density at radius 3 is 1.13 bits per heavy atom. The smallest absolute Gasteiger partial charge is 0.222 e. The molecule has 31 heteroatoms. The minimum atomic E-state index is -2.81. The van der Waals surface area contributed by atoms with Gasteiger partial charge >= 0.3 is 0 Å². The van der Waals surface area contributed by atoms with E-state index in [9.17, 15) is 107 Å². The lowest BCUT2D eigenvalue weighted by Crippen LogP contribution is -2.59. The Morgan fingerprint density at radius 1 is 0.388 bits per heavy atom. The summed E-state index contributed by atoms with van der Waals surface area (Å²) in [4.78, 5) is 0. The average Bonchev–Trinajstić information content (AvgIpc) is 3.71. The summed E-state index contributed by atoms with van der Waals surface area (Å²) >= 11 is 0. The van der Waals surface area contributed by atoms with Gasteiger partial charge in [-0.15, -0.1) is 0 Å². The van der Waals surface area contributed by atoms with Crippen molar-refractivity contribution in [3.8, 4) is 0 Å². The van der Waals surface area contributed by atoms with Crippen molar-refractivity contribution in [2.45, 2.75) is 165 Å². The lowest BCUT2D eigenvalue weighted by Gasteiger charge is -2.40. The summed E-state index contributed by atoms with van der Waals surface area (Å²) in [6.07, 6.45) is -47.3. The Morgan fingerprint density at radius 2 is 0.746 bits per heavy atom. The molecule has 0 radical (unpaired) electrons. The van der Waals surface area contributed by atoms with Crippen molar-refractivity contribution < 1.29 is 155 Å². The van der Waals surface area contributed by atoms with Crippen molar-refractivity contribution in [1.82, 2.24) is 0 Å². The molecule has 0 aromatic heterocycles. The van der Waals surface area contributed by atoms with Crippen LogP contribution in [0.3, 0.4) is 0 Å². The topological polar surface area (TPSA) is 517 Å². The fourth-order valence-electron chi connectivity index (χ4n) is 7.85. The molecule has 9 unspecified atom stereocenters. The molecule has 5 fully saturated rings. The molecule has 0 spiro atoms. The quantitative estimate of drug-likeness (QED) is 0.0479. The molecular formula is C36H64O31. The number of hydrogen-bond acceptors (Lipinski definition) is 31. The zero-order valence-electron chi connectivity index (χ0n) is 35.3. The van der Waals surface area contributed by atoms with E-state index in [4.69, 9.17) is 47.4 Å². The van der Waals surface area contributed by atoms with Crippen LogP contribution in [0.25, 0.3) is 0 Å². The highest BCUT2D eigenvalue weighted by Crippen LogP contribution is 2.39. The van der Waals surface area contributed by atoms with Crippen LogP contribution in [-0.2, 0) is 47.4 Å². The molecular weight excluding hydrogens is 928 g/mol. The van der Waals surface area contributed by atoms with E-state index < -0.39 is 224 Å². The summed E-state index contributed by atoms with van der Waals surface area (Å²) < 4.78 is 54.4. The first-order chi connectivity index (χ1) is 31.5. The first-order valence-corrected chi connectivity index (χ1v) is 21.0. The van der Waals surface area contributed by atoms with Crippen LogP contribution in [0.5, 0.6) is 0 Å². The zero-order valence-corrected chi connectivity index (χ0v) is 35.3. The average molecular weight is 993 g/mol. The molecule has 0 saturated carbocycles. The van der Waals surface area contributed by atoms with Crippen molar-refractivity contribution in [1.29, 1.82) is 0 Å². The number of aliphatic hydroxyl groups is 21. The number of aliphatic hydroxyl groups excluding tert-OH is 21. The van der Waals surface area contributed by atoms with Crippen LogP contribution in [0.2, 0.25) is 0 Å². The van der Waals surface area contributed by atoms with E-state index in [1.54, 1.807) is 0 Å². The molecule has 5 rings (SSSR count). The molecule has 21 N–H and O–H groups in total. The van der Waals surface area contributed by atoms with Gasteiger partial charge in [0.15, 0.2) is 18.9 Å². The summed E-state index contributed by atoms with van der Waals surface area (Å²) in [5, 5.41) is 218. The zero-order chi connectivity index (χ0) is 49.9. The largest absolute Gasteiger partial charge is 0.394 e. The minimum Gasteiger partial charge on any atom is -0.394 e. The van der Waals surface area contributed by atoms with Crippen LogP contribution in [0.1, 0.15) is 0 Å². The predicted octanol–water partition coefficient (Wildman–Crippen LogP) is -14.5. The van der Waals surface area contributed by atoms with Crippen LogP contribution in [0.4, 0.5) is 0 Å². The SMILES string of the molecule is OCC1O[C@H](OC[C@@H](O)[C@@H](O)[C@H](O)C(O)CO[C@]2(CO[C@]3(CO)O[C@H](CO[C@@H]4OC(CO)[C@H](O)[C@H](O)C4O)[C@H](O)C3O)O[C@H](CO[C@@H]3OC(CO)[C@H](O)[C@H](O)C3O)[C@H](O)C2O)[C@H](O)C(O)[C@@H]1O. The molecule has 67 heavy (non-hydrogen) atoms. The van der Waals surface area contributed by atoms with Gasteiger partial charge in [-0.2, -0.15) is 0 Å². The first-order valence-electron chi connectivity index (χ1n) is 21.0. The lowest BCUT2D eigenvalue weighted by molar-refractivity contribution is -0.349. The molecule has 5 aliphatic rings. The Hall–Kier alpha value is -1.24. The van der Waals surface area contributed by atoms with Gasteiger partial charge < -0.3 is 155 Å². The van der Waals surface area contributed by atoms with Gasteiger partial charge in [0, 0.05) is 0 Å². The molecule has 0 bridgehead atoms. The third-order valence-corrected chi connectivity index (χ3v) is 12.2. The second kappa shape index (κ2) is 24.0. The number of rotatable bonds is 22. The predicted molar refractivity (Wildman–Crippen MR) is 201 cm³/mol. The van der Waals surface area contributed by atoms with Crippen LogP contribution in [-0.4, -0.2) is 331 Å². The molecule has 0 aliphatic carbocycles. The highest BCUT2D eigenvalue weighted by Gasteiger charge is 2.61. The monoisotopic (exact) mass is 992 g/mol. The van der Waals surface area contributed by atoms with E-state index >= 15 is 0 Å². The van der Waals surface area contributed by atoms with E-state index in [0.717, 1.165) is 0 Å². The maximum atomic E-state index is 11.4. The summed E-state index contributed by atoms with van der Waals surface area (Å²) in [7, 11) is 0. The van der Waals surface area contributed by atoms with E-state index in [2.05, 4.69) is 0 Å². The van der Waals surface area contributed by atoms with Crippen molar-refractivity contribution in [3.05, 3.63) is 0 Å². The highest BCUT2D eigenvalue weighted by molar-refractivity contribution is 5.02. The van der Waals surface area contributed by atoms with Gasteiger partial charge in [0.05, 0.1) is 46.2 Å². The molecule has 0 amide bonds. The number of hydrogen-bond donors (Lipinski definition) is 21. The van der Waals surface area contributed by atoms with E-state index in [-0.39, 0.29) is 0 Å². The third-order valence-electron chi connectivity index (χ3n) is 12.2. The third kappa shape index (κ3) is 12.0. The van der Waals surface area contributed by atoms with Gasteiger partial charge in [-0.25, -0.2) is 0 Å². The Labute approximate surface area is 378 Å². The molecule has 0 aromatic rings. The van der Waals surface area contributed by atoms with Crippen LogP contribution in [0, 0.1) is 0 Å². The van der Waals surface area contributed by atoms with E-state index in [0.29, 0.717) is 0 Å². The standard InChI is InChI=1S/C36H64O31/c37-1-12-19(45)24(50)27(53)32(63-12)58-4-10(41)17(43)18(44)11(42)5-61-36(31(57)23(49)16(67-36)7-60-34-29(55)26(52)21(47)14(3-39)65-34)9-62-35(8-40)30(56)22(48)15(66-35)6-59-33-28(54)25(51)20(46)13(2-38)64-33/h10-34,37-57H,1-9H2/t10-,11?,12?,13?,14?,15-,16-,17-,18-,19-,20+,21+,22+,23+,24?,25+,26+,27-,28?,29?,30?,31?,32+,33-,34-,35-,36-/m1/s1. The van der Waals surface area contributed by atoms with E-state index in [1.165, 1.54) is 0 Å². The van der Waals surface area contributed by atoms with Gasteiger partial charge in [0.2, 0.25) is 11.6 Å². The van der Waals surface area contributed by atoms with Gasteiger partial charge in [0.25, 0.3) is 0 Å². The molecule has 5 saturated heterocycles. The Balaban J connectivity index is 1.29. The normalized spacial score (nSPS) is 48.0. The fraction of sp³-hybridized carbons (Fsp3) is 1.00. The van der Waals surface area contributed by atoms with Gasteiger partial charge in [0.1, 0.15) is 148 Å². The second-order valence-corrected chi connectivity index (χ2v) is 16.8. The summed E-state index contributed by atoms with van der Waals surface area (Å²) in [6.45, 7) is -8.89. The second-order valence-electron chi connectivity index (χ2n) is 16.8. The molecule has 0 aromatic carbocycles. The van der Waals surface area contributed by atoms with Gasteiger partial charge in [-0.05, 0) is 0 Å². The molecule has 394 valence electrons. The van der Waals surface area contributed by atoms with Gasteiger partial charge in [-0.1, -0.05) is 0 Å². The molecule has 31 nitrogen and oxygen atoms in total. The first kappa shape index (κ1) is 56.7. The van der Waals surface area contributed by atoms with Crippen molar-refractivity contribution >= 4 is 0 Å². The number of ether oxygens (including phenoxy) is 10. The van der Waals surface area contributed by atoms with Crippen LogP contribution < -0.4 is 0 Å². The van der Waals surface area contributed by atoms with Crippen molar-refractivity contribution in [2.24, 2.45) is 0 Å². The maximum Gasteiger partial charge on any atom is 0.222 e. The minimum absolute atomic E-state index is 0.797. The Kier molecular flexibility index (Phi) is 20.3. The summed E-state index contributed by atoms with van der Waals surface area (Å²) in [5.74, 6) is -5.50. The van der Waals surface area contributed by atoms with Crippen molar-refractivity contribution in [2.75, 3.05) is 59.5 Å². The molecule has 5 aliphatic heterocycles. The summed E-state index contributed by atoms with van der Waals surface area (Å²) in [6, 6.07) is 0. The highest BCUT2D eigenvalue weighted by atomic mass is 16.8. The maximum absolute atomic E-state index is 11.4. The lowest BCUT2D eigenvalue weighted by atomic mass is 9.99. The molecule has 27 atom stereocenters. The van der Waals surface area contributed by atoms with Crippen LogP contribution in [0.15, 0.2) is 0 Å². The van der Waals surface area contributed by atoms with Gasteiger partial charge in [-0.3, -0.25) is 0 Å². The van der Waals surface area contributed by atoms with E-state index in [1.807, 2.05) is 0 Å². The fourth-order valence-corrected chi connectivity index (χ4v) is 7.85. The molecule has 5 heterocycles. The summed E-state index contributed by atoms with van der Waals surface area (Å²) in [5.41, 5.74) is 0.